The van der Waals surface area contributed by atoms with Crippen molar-refractivity contribution in [3.8, 4) is 11.8 Å². The van der Waals surface area contributed by atoms with Crippen LogP contribution in [0.15, 0.2) is 23.1 Å². The van der Waals surface area contributed by atoms with Crippen LogP contribution in [0.3, 0.4) is 0 Å². The minimum atomic E-state index is -3.78. The maximum Gasteiger partial charge on any atom is 0.337 e. The largest absolute Gasteiger partial charge is 0.478 e. The van der Waals surface area contributed by atoms with Crippen molar-refractivity contribution < 1.29 is 18.3 Å². The fourth-order valence-corrected chi connectivity index (χ4v) is 2.29. The van der Waals surface area contributed by atoms with Crippen LogP contribution >= 0.6 is 11.6 Å². The Hall–Kier alpha value is -1.55. The summed E-state index contributed by atoms with van der Waals surface area (Å²) < 4.78 is 25.8. The van der Waals surface area contributed by atoms with Crippen LogP contribution in [0.25, 0.3) is 0 Å². The van der Waals surface area contributed by atoms with Gasteiger partial charge in [0.25, 0.3) is 0 Å². The molecular weight excluding hydrogens is 278 g/mol. The van der Waals surface area contributed by atoms with Crippen molar-refractivity contribution in [3.05, 3.63) is 28.8 Å². The molecule has 0 heterocycles. The molecule has 7 heteroatoms. The van der Waals surface area contributed by atoms with Gasteiger partial charge in [0.15, 0.2) is 0 Å². The van der Waals surface area contributed by atoms with Gasteiger partial charge in [0, 0.05) is 0 Å². The van der Waals surface area contributed by atoms with Crippen molar-refractivity contribution in [2.45, 2.75) is 11.8 Å². The smallest absolute Gasteiger partial charge is 0.337 e. The minimum Gasteiger partial charge on any atom is -0.478 e. The highest BCUT2D eigenvalue weighted by atomic mass is 35.5. The fraction of sp³-hybridized carbons (Fsp3) is 0.182. The molecule has 0 saturated carbocycles. The molecule has 0 aliphatic carbocycles. The Morgan fingerprint density at radius 3 is 2.72 bits per heavy atom. The standard InChI is InChI=1S/C11H10ClNO4S/c1-2-3-6-13-18(16,17)8-4-5-10(12)9(7-8)11(14)15/h4-5,7,13H,6H2,1H3,(H,14,15). The minimum absolute atomic E-state index is 0.0187. The lowest BCUT2D eigenvalue weighted by molar-refractivity contribution is 0.0697. The Kier molecular flexibility index (Phi) is 4.73. The second kappa shape index (κ2) is 5.87. The maximum absolute atomic E-state index is 11.8. The summed E-state index contributed by atoms with van der Waals surface area (Å²) in [6, 6.07) is 3.47. The molecule has 1 aromatic rings. The van der Waals surface area contributed by atoms with Crippen molar-refractivity contribution in [3.63, 3.8) is 0 Å². The molecule has 0 spiro atoms. The van der Waals surface area contributed by atoms with Crippen LogP contribution in [0, 0.1) is 11.8 Å². The quantitative estimate of drug-likeness (QED) is 0.819. The van der Waals surface area contributed by atoms with E-state index in [0.29, 0.717) is 0 Å². The number of carbonyl (C=O) groups is 1. The van der Waals surface area contributed by atoms with E-state index >= 15 is 0 Å². The molecule has 1 aromatic carbocycles. The number of rotatable bonds is 4. The summed E-state index contributed by atoms with van der Waals surface area (Å²) in [4.78, 5) is 10.7. The third kappa shape index (κ3) is 3.47. The molecule has 1 rings (SSSR count). The van der Waals surface area contributed by atoms with E-state index in [1.165, 1.54) is 12.1 Å². The molecule has 0 unspecified atom stereocenters. The first-order valence-corrected chi connectivity index (χ1v) is 6.66. The summed E-state index contributed by atoms with van der Waals surface area (Å²) in [7, 11) is -3.78. The van der Waals surface area contributed by atoms with Gasteiger partial charge < -0.3 is 5.11 Å². The van der Waals surface area contributed by atoms with Crippen LogP contribution in [-0.4, -0.2) is 26.0 Å². The Bertz CT molecular complexity index is 628. The van der Waals surface area contributed by atoms with E-state index in [4.69, 9.17) is 16.7 Å². The van der Waals surface area contributed by atoms with Gasteiger partial charge in [-0.3, -0.25) is 0 Å². The van der Waals surface area contributed by atoms with Crippen molar-refractivity contribution in [2.75, 3.05) is 6.54 Å². The number of sulfonamides is 1. The molecule has 96 valence electrons. The van der Waals surface area contributed by atoms with Crippen LogP contribution in [0.1, 0.15) is 17.3 Å². The highest BCUT2D eigenvalue weighted by Gasteiger charge is 2.17. The van der Waals surface area contributed by atoms with Crippen LogP contribution in [-0.2, 0) is 10.0 Å². The zero-order valence-corrected chi connectivity index (χ0v) is 11.0. The van der Waals surface area contributed by atoms with Gasteiger partial charge in [-0.05, 0) is 25.1 Å². The molecule has 0 atom stereocenters. The van der Waals surface area contributed by atoms with Crippen molar-refractivity contribution in [1.29, 1.82) is 0 Å². The van der Waals surface area contributed by atoms with Gasteiger partial charge in [0.05, 0.1) is 22.0 Å². The number of carboxylic acids is 1. The van der Waals surface area contributed by atoms with Gasteiger partial charge in [-0.15, -0.1) is 5.92 Å². The molecule has 0 saturated heterocycles. The summed E-state index contributed by atoms with van der Waals surface area (Å²) in [6.45, 7) is 1.54. The lowest BCUT2D eigenvalue weighted by atomic mass is 10.2. The highest BCUT2D eigenvalue weighted by Crippen LogP contribution is 2.20. The number of nitrogens with one attached hydrogen (secondary N) is 1. The first-order chi connectivity index (χ1) is 8.38. The summed E-state index contributed by atoms with van der Waals surface area (Å²) in [5.74, 6) is 3.79. The van der Waals surface area contributed by atoms with Gasteiger partial charge in [-0.25, -0.2) is 13.2 Å². The Labute approximate surface area is 110 Å². The average molecular weight is 288 g/mol. The maximum atomic E-state index is 11.8. The number of halogens is 1. The van der Waals surface area contributed by atoms with Crippen LogP contribution in [0.2, 0.25) is 5.02 Å². The van der Waals surface area contributed by atoms with E-state index in [2.05, 4.69) is 16.6 Å². The molecule has 0 amide bonds. The molecule has 0 aromatic heterocycles. The van der Waals surface area contributed by atoms with Gasteiger partial charge >= 0.3 is 5.97 Å². The summed E-state index contributed by atoms with van der Waals surface area (Å²) in [6.07, 6.45) is 0. The van der Waals surface area contributed by atoms with Gasteiger partial charge in [-0.1, -0.05) is 17.5 Å². The van der Waals surface area contributed by atoms with E-state index in [1.54, 1.807) is 6.92 Å². The second-order valence-corrected chi connectivity index (χ2v) is 5.37. The third-order valence-corrected chi connectivity index (χ3v) is 3.73. The molecule has 0 aliphatic heterocycles. The predicted octanol–water partition coefficient (Wildman–Crippen LogP) is 1.34. The highest BCUT2D eigenvalue weighted by molar-refractivity contribution is 7.89. The Morgan fingerprint density at radius 1 is 1.50 bits per heavy atom. The Balaban J connectivity index is 3.12. The van der Waals surface area contributed by atoms with Crippen LogP contribution in [0.4, 0.5) is 0 Å². The van der Waals surface area contributed by atoms with Gasteiger partial charge in [0.2, 0.25) is 10.0 Å². The predicted molar refractivity (Wildman–Crippen MR) is 67.0 cm³/mol. The monoisotopic (exact) mass is 287 g/mol. The lowest BCUT2D eigenvalue weighted by Gasteiger charge is -2.06. The van der Waals surface area contributed by atoms with Crippen LogP contribution in [0.5, 0.6) is 0 Å². The van der Waals surface area contributed by atoms with Gasteiger partial charge in [0.1, 0.15) is 0 Å². The third-order valence-electron chi connectivity index (χ3n) is 2.01. The summed E-state index contributed by atoms with van der Waals surface area (Å²) in [5.41, 5.74) is -0.263. The molecule has 5 nitrogen and oxygen atoms in total. The second-order valence-electron chi connectivity index (χ2n) is 3.20. The van der Waals surface area contributed by atoms with E-state index in [9.17, 15) is 13.2 Å². The molecular formula is C11H10ClNO4S. The topological polar surface area (TPSA) is 83.5 Å². The normalized spacial score (nSPS) is 10.6. The fourth-order valence-electron chi connectivity index (χ4n) is 1.14. The number of benzene rings is 1. The molecule has 2 N–H and O–H groups in total. The van der Waals surface area contributed by atoms with E-state index < -0.39 is 16.0 Å². The van der Waals surface area contributed by atoms with Crippen molar-refractivity contribution in [2.24, 2.45) is 0 Å². The van der Waals surface area contributed by atoms with Crippen molar-refractivity contribution in [1.82, 2.24) is 4.72 Å². The SMILES string of the molecule is CC#CCNS(=O)(=O)c1ccc(Cl)c(C(=O)O)c1. The molecule has 0 fully saturated rings. The lowest BCUT2D eigenvalue weighted by Crippen LogP contribution is -2.24. The number of aromatic carboxylic acids is 1. The summed E-state index contributed by atoms with van der Waals surface area (Å²) in [5, 5.41) is 8.83. The summed E-state index contributed by atoms with van der Waals surface area (Å²) >= 11 is 5.65. The van der Waals surface area contributed by atoms with Crippen LogP contribution < -0.4 is 4.72 Å². The molecule has 0 bridgehead atoms. The van der Waals surface area contributed by atoms with E-state index in [0.717, 1.165) is 6.07 Å². The first kappa shape index (κ1) is 14.5. The molecule has 0 aliphatic rings. The zero-order valence-electron chi connectivity index (χ0n) is 9.40. The van der Waals surface area contributed by atoms with Crippen molar-refractivity contribution >= 4 is 27.6 Å². The number of carboxylic acid groups (broad SMARTS) is 1. The molecule has 18 heavy (non-hydrogen) atoms. The van der Waals surface area contributed by atoms with Gasteiger partial charge in [-0.2, -0.15) is 4.72 Å². The van der Waals surface area contributed by atoms with E-state index in [-0.39, 0.29) is 22.0 Å². The number of hydrogen-bond acceptors (Lipinski definition) is 3. The van der Waals surface area contributed by atoms with E-state index in [1.807, 2.05) is 0 Å². The first-order valence-electron chi connectivity index (χ1n) is 4.80. The number of hydrogen-bond donors (Lipinski definition) is 2. The zero-order chi connectivity index (χ0) is 13.8. The molecule has 0 radical (unpaired) electrons. The Morgan fingerprint density at radius 2 is 2.17 bits per heavy atom. The average Bonchev–Trinajstić information content (AvgIpc) is 2.29.